The topological polar surface area (TPSA) is 110 Å². The van der Waals surface area contributed by atoms with Crippen LogP contribution in [0.3, 0.4) is 0 Å². The average molecular weight is 434 g/mol. The van der Waals surface area contributed by atoms with Gasteiger partial charge in [0, 0.05) is 49.3 Å². The number of fused-ring (bicyclic) bond motifs is 3. The molecule has 0 unspecified atom stereocenters. The van der Waals surface area contributed by atoms with Crippen LogP contribution in [0.25, 0.3) is 11.4 Å². The first-order valence-corrected chi connectivity index (χ1v) is 10.8. The van der Waals surface area contributed by atoms with E-state index in [0.29, 0.717) is 29.3 Å². The molecular formula is C23H27N7O2. The van der Waals surface area contributed by atoms with Crippen molar-refractivity contribution in [3.8, 4) is 11.4 Å². The number of carboxylic acids is 1. The molecule has 1 saturated heterocycles. The number of carboxylic acid groups (broad SMARTS) is 1. The van der Waals surface area contributed by atoms with Gasteiger partial charge in [0.15, 0.2) is 0 Å². The molecule has 3 aromatic rings. The molecule has 166 valence electrons. The van der Waals surface area contributed by atoms with Crippen molar-refractivity contribution in [3.63, 3.8) is 0 Å². The standard InChI is InChI=1S/C23H27N7O2/c1-23(2)12-14-13-24-22(26-18(14)19-17(23)20(21(31)32)28-27-19)25-15-4-6-16(7-5-15)30-10-8-29(3)9-11-30/h4-7,13H,8-12H2,1-3H3,(H,27,28)(H,31,32)(H,24,25,26). The minimum atomic E-state index is -1.01. The molecule has 1 aliphatic heterocycles. The van der Waals surface area contributed by atoms with Crippen LogP contribution in [-0.4, -0.2) is 69.4 Å². The Morgan fingerprint density at radius 2 is 1.84 bits per heavy atom. The van der Waals surface area contributed by atoms with Crippen LogP contribution < -0.4 is 10.2 Å². The summed E-state index contributed by atoms with van der Waals surface area (Å²) < 4.78 is 0. The Hall–Kier alpha value is -3.46. The van der Waals surface area contributed by atoms with Crippen molar-refractivity contribution in [1.29, 1.82) is 0 Å². The summed E-state index contributed by atoms with van der Waals surface area (Å²) in [6, 6.07) is 8.28. The maximum Gasteiger partial charge on any atom is 0.354 e. The lowest BCUT2D eigenvalue weighted by atomic mass is 9.73. The maximum absolute atomic E-state index is 11.7. The predicted octanol–water partition coefficient (Wildman–Crippen LogP) is 2.89. The molecule has 32 heavy (non-hydrogen) atoms. The Morgan fingerprint density at radius 3 is 2.53 bits per heavy atom. The lowest BCUT2D eigenvalue weighted by Gasteiger charge is -2.34. The smallest absolute Gasteiger partial charge is 0.354 e. The number of nitrogens with one attached hydrogen (secondary N) is 2. The molecule has 3 heterocycles. The van der Waals surface area contributed by atoms with E-state index in [9.17, 15) is 9.90 Å². The Labute approximate surface area is 186 Å². The van der Waals surface area contributed by atoms with Crippen LogP contribution in [0.1, 0.15) is 35.5 Å². The molecule has 0 bridgehead atoms. The predicted molar refractivity (Wildman–Crippen MR) is 123 cm³/mol. The summed E-state index contributed by atoms with van der Waals surface area (Å²) in [6.45, 7) is 8.22. The molecule has 0 amide bonds. The third-order valence-corrected chi connectivity index (χ3v) is 6.37. The van der Waals surface area contributed by atoms with Gasteiger partial charge in [0.2, 0.25) is 5.95 Å². The number of aromatic carboxylic acids is 1. The van der Waals surface area contributed by atoms with Gasteiger partial charge in [0.25, 0.3) is 0 Å². The molecule has 9 nitrogen and oxygen atoms in total. The summed E-state index contributed by atoms with van der Waals surface area (Å²) in [5.41, 5.74) is 4.77. The van der Waals surface area contributed by atoms with Crippen LogP contribution >= 0.6 is 0 Å². The van der Waals surface area contributed by atoms with Crippen LogP contribution in [0.4, 0.5) is 17.3 Å². The van der Waals surface area contributed by atoms with Crippen molar-refractivity contribution in [2.75, 3.05) is 43.4 Å². The number of rotatable bonds is 4. The number of likely N-dealkylation sites (N-methyl/N-ethyl adjacent to an activating group) is 1. The van der Waals surface area contributed by atoms with Gasteiger partial charge in [-0.1, -0.05) is 13.8 Å². The molecule has 3 N–H and O–H groups in total. The number of hydrogen-bond donors (Lipinski definition) is 3. The summed E-state index contributed by atoms with van der Waals surface area (Å²) in [4.78, 5) is 25.6. The number of hydrogen-bond acceptors (Lipinski definition) is 7. The number of benzene rings is 1. The van der Waals surface area contributed by atoms with Gasteiger partial charge in [-0.3, -0.25) is 5.10 Å². The van der Waals surface area contributed by atoms with Crippen molar-refractivity contribution in [2.45, 2.75) is 25.7 Å². The second-order valence-corrected chi connectivity index (χ2v) is 9.22. The first-order valence-electron chi connectivity index (χ1n) is 10.8. The van der Waals surface area contributed by atoms with E-state index in [2.05, 4.69) is 49.5 Å². The van der Waals surface area contributed by atoms with E-state index in [1.54, 1.807) is 0 Å². The van der Waals surface area contributed by atoms with Crippen LogP contribution in [0.15, 0.2) is 30.5 Å². The number of nitrogens with zero attached hydrogens (tertiary/aromatic N) is 5. The van der Waals surface area contributed by atoms with Crippen LogP contribution in [0, 0.1) is 0 Å². The maximum atomic E-state index is 11.7. The molecule has 5 rings (SSSR count). The highest BCUT2D eigenvalue weighted by atomic mass is 16.4. The Balaban J connectivity index is 1.40. The zero-order valence-electron chi connectivity index (χ0n) is 18.5. The number of aromatic nitrogens is 4. The van der Waals surface area contributed by atoms with Crippen LogP contribution in [0.5, 0.6) is 0 Å². The van der Waals surface area contributed by atoms with E-state index < -0.39 is 5.97 Å². The minimum absolute atomic E-state index is 0.128. The molecule has 1 aromatic carbocycles. The highest BCUT2D eigenvalue weighted by Crippen LogP contribution is 2.42. The number of anilines is 3. The van der Waals surface area contributed by atoms with Crippen LogP contribution in [-0.2, 0) is 11.8 Å². The highest BCUT2D eigenvalue weighted by molar-refractivity contribution is 5.91. The van der Waals surface area contributed by atoms with Crippen molar-refractivity contribution in [2.24, 2.45) is 0 Å². The van der Waals surface area contributed by atoms with E-state index in [0.717, 1.165) is 37.4 Å². The second kappa shape index (κ2) is 7.59. The third kappa shape index (κ3) is 3.58. The fourth-order valence-corrected chi connectivity index (χ4v) is 4.64. The van der Waals surface area contributed by atoms with Crippen molar-refractivity contribution in [1.82, 2.24) is 25.1 Å². The quantitative estimate of drug-likeness (QED) is 0.576. The fourth-order valence-electron chi connectivity index (χ4n) is 4.64. The summed E-state index contributed by atoms with van der Waals surface area (Å²) >= 11 is 0. The first-order chi connectivity index (χ1) is 15.3. The number of piperazine rings is 1. The lowest BCUT2D eigenvalue weighted by molar-refractivity contribution is 0.0687. The largest absolute Gasteiger partial charge is 0.477 e. The zero-order valence-corrected chi connectivity index (χ0v) is 18.5. The molecule has 0 radical (unpaired) electrons. The Morgan fingerprint density at radius 1 is 1.12 bits per heavy atom. The van der Waals surface area contributed by atoms with E-state index in [1.807, 2.05) is 32.2 Å². The molecule has 1 fully saturated rings. The molecule has 2 aliphatic rings. The molecule has 0 spiro atoms. The van der Waals surface area contributed by atoms with E-state index in [1.165, 1.54) is 5.69 Å². The monoisotopic (exact) mass is 433 g/mol. The van der Waals surface area contributed by atoms with Crippen molar-refractivity contribution < 1.29 is 9.90 Å². The third-order valence-electron chi connectivity index (χ3n) is 6.37. The Bertz CT molecular complexity index is 1160. The molecular weight excluding hydrogens is 406 g/mol. The van der Waals surface area contributed by atoms with Gasteiger partial charge in [-0.2, -0.15) is 5.10 Å². The van der Waals surface area contributed by atoms with Gasteiger partial charge in [0.05, 0.1) is 5.69 Å². The number of H-pyrrole nitrogens is 1. The molecule has 1 aliphatic carbocycles. The normalized spacial score (nSPS) is 17.5. The minimum Gasteiger partial charge on any atom is -0.477 e. The number of aromatic amines is 1. The van der Waals surface area contributed by atoms with Gasteiger partial charge >= 0.3 is 5.97 Å². The van der Waals surface area contributed by atoms with Gasteiger partial charge < -0.3 is 20.2 Å². The number of carbonyl (C=O) groups is 1. The summed E-state index contributed by atoms with van der Waals surface area (Å²) in [5.74, 6) is -0.551. The zero-order chi connectivity index (χ0) is 22.5. The van der Waals surface area contributed by atoms with Crippen molar-refractivity contribution >= 4 is 23.3 Å². The van der Waals surface area contributed by atoms with Gasteiger partial charge in [-0.05, 0) is 48.7 Å². The molecule has 2 aromatic heterocycles. The molecule has 9 heteroatoms. The average Bonchev–Trinajstić information content (AvgIpc) is 3.23. The highest BCUT2D eigenvalue weighted by Gasteiger charge is 2.38. The van der Waals surface area contributed by atoms with Crippen LogP contribution in [0.2, 0.25) is 0 Å². The summed E-state index contributed by atoms with van der Waals surface area (Å²) in [6.07, 6.45) is 2.46. The van der Waals surface area contributed by atoms with Gasteiger partial charge in [0.1, 0.15) is 11.4 Å². The van der Waals surface area contributed by atoms with Crippen molar-refractivity contribution in [3.05, 3.63) is 47.3 Å². The van der Waals surface area contributed by atoms with Gasteiger partial charge in [-0.15, -0.1) is 0 Å². The fraction of sp³-hybridized carbons (Fsp3) is 0.391. The first kappa shape index (κ1) is 20.4. The lowest BCUT2D eigenvalue weighted by Crippen LogP contribution is -2.44. The second-order valence-electron chi connectivity index (χ2n) is 9.22. The van der Waals surface area contributed by atoms with E-state index >= 15 is 0 Å². The Kier molecular flexibility index (Phi) is 4.85. The molecule has 0 saturated carbocycles. The summed E-state index contributed by atoms with van der Waals surface area (Å²) in [5, 5.41) is 19.8. The van der Waals surface area contributed by atoms with E-state index in [4.69, 9.17) is 4.98 Å². The van der Waals surface area contributed by atoms with Gasteiger partial charge in [-0.25, -0.2) is 14.8 Å². The SMILES string of the molecule is CN1CCN(c2ccc(Nc3ncc4c(n3)-c3n[nH]c(C(=O)O)c3C(C)(C)C4)cc2)CC1. The summed E-state index contributed by atoms with van der Waals surface area (Å²) in [7, 11) is 2.15. The van der Waals surface area contributed by atoms with E-state index in [-0.39, 0.29) is 11.1 Å². The molecule has 0 atom stereocenters.